The summed E-state index contributed by atoms with van der Waals surface area (Å²) in [6.07, 6.45) is 0. The van der Waals surface area contributed by atoms with Gasteiger partial charge in [-0.05, 0) is 88.3 Å². The van der Waals surface area contributed by atoms with Crippen LogP contribution in [0.2, 0.25) is 0 Å². The molecule has 1 aromatic heterocycles. The van der Waals surface area contributed by atoms with Gasteiger partial charge in [-0.2, -0.15) is 0 Å². The van der Waals surface area contributed by atoms with Crippen LogP contribution in [0.15, 0.2) is 206 Å². The Hall–Kier alpha value is -7.36. The summed E-state index contributed by atoms with van der Waals surface area (Å²) >= 11 is 0. The molecule has 0 saturated heterocycles. The van der Waals surface area contributed by atoms with Crippen LogP contribution >= 0.6 is 0 Å². The van der Waals surface area contributed by atoms with Gasteiger partial charge in [0.25, 0.3) is 0 Å². The van der Waals surface area contributed by atoms with E-state index in [1.807, 2.05) is 0 Å². The van der Waals surface area contributed by atoms with Gasteiger partial charge in [-0.15, -0.1) is 0 Å². The van der Waals surface area contributed by atoms with Crippen LogP contribution < -0.4 is 9.64 Å². The predicted molar refractivity (Wildman–Crippen MR) is 230 cm³/mol. The fraction of sp³-hybridized carbons (Fsp3) is 0.0189. The van der Waals surface area contributed by atoms with Gasteiger partial charge in [-0.25, -0.2) is 0 Å². The van der Waals surface area contributed by atoms with Crippen molar-refractivity contribution in [3.8, 4) is 28.3 Å². The zero-order valence-electron chi connectivity index (χ0n) is 30.4. The van der Waals surface area contributed by atoms with Crippen LogP contribution in [0.1, 0.15) is 22.3 Å². The smallest absolute Gasteiger partial charge is 0.134 e. The topological polar surface area (TPSA) is 17.4 Å². The minimum Gasteiger partial charge on any atom is -0.457 e. The highest BCUT2D eigenvalue weighted by Crippen LogP contribution is 2.62. The third-order valence-electron chi connectivity index (χ3n) is 12.0. The van der Waals surface area contributed by atoms with Gasteiger partial charge < -0.3 is 14.2 Å². The molecule has 0 atom stereocenters. The number of nitrogens with zero attached hydrogens (tertiary/aromatic N) is 2. The Bertz CT molecular complexity index is 3080. The molecule has 0 saturated carbocycles. The molecule has 262 valence electrons. The average Bonchev–Trinajstić information content (AvgIpc) is 3.75. The molecule has 0 unspecified atom stereocenters. The van der Waals surface area contributed by atoms with Gasteiger partial charge in [-0.3, -0.25) is 0 Å². The second-order valence-electron chi connectivity index (χ2n) is 14.8. The van der Waals surface area contributed by atoms with Crippen LogP contribution in [-0.4, -0.2) is 4.57 Å². The quantitative estimate of drug-likeness (QED) is 0.181. The van der Waals surface area contributed by atoms with Crippen LogP contribution in [0.5, 0.6) is 11.5 Å². The zero-order chi connectivity index (χ0) is 36.8. The summed E-state index contributed by atoms with van der Waals surface area (Å²) in [4.78, 5) is 2.31. The minimum atomic E-state index is -0.531. The third kappa shape index (κ3) is 4.22. The zero-order valence-corrected chi connectivity index (χ0v) is 30.4. The first kappa shape index (κ1) is 31.0. The average molecular weight is 715 g/mol. The van der Waals surface area contributed by atoms with Crippen molar-refractivity contribution in [2.45, 2.75) is 5.41 Å². The molecule has 0 fully saturated rings. The lowest BCUT2D eigenvalue weighted by atomic mass is 9.66. The highest BCUT2D eigenvalue weighted by molar-refractivity contribution is 6.19. The fourth-order valence-electron chi connectivity index (χ4n) is 9.75. The molecule has 3 nitrogen and oxygen atoms in total. The maximum Gasteiger partial charge on any atom is 0.134 e. The molecule has 10 aromatic rings. The van der Waals surface area contributed by atoms with Gasteiger partial charge in [0.15, 0.2) is 0 Å². The molecule has 3 heteroatoms. The SMILES string of the molecule is c1ccc(N(c2ccccc2)c2ccc(-n3c4cc5c(cc4c4ccc6ccccc6c43)C3(c4ccccc4O5)c4ccccc4-c4ccccc43)cc2)cc1. The van der Waals surface area contributed by atoms with Gasteiger partial charge in [0.2, 0.25) is 0 Å². The number of anilines is 3. The number of benzene rings is 9. The van der Waals surface area contributed by atoms with Crippen molar-refractivity contribution in [2.75, 3.05) is 4.90 Å². The summed E-state index contributed by atoms with van der Waals surface area (Å²) in [7, 11) is 0. The van der Waals surface area contributed by atoms with Gasteiger partial charge >= 0.3 is 0 Å². The minimum absolute atomic E-state index is 0.531. The number of rotatable bonds is 4. The molecule has 0 amide bonds. The van der Waals surface area contributed by atoms with Crippen molar-refractivity contribution in [3.63, 3.8) is 0 Å². The molecule has 12 rings (SSSR count). The molecule has 1 spiro atoms. The molecule has 1 aliphatic carbocycles. The monoisotopic (exact) mass is 714 g/mol. The van der Waals surface area contributed by atoms with E-state index >= 15 is 0 Å². The second kappa shape index (κ2) is 11.8. The number of ether oxygens (including phenoxy) is 1. The van der Waals surface area contributed by atoms with Gasteiger partial charge in [0.05, 0.1) is 16.4 Å². The van der Waals surface area contributed by atoms with E-state index in [9.17, 15) is 0 Å². The normalized spacial score (nSPS) is 13.3. The summed E-state index contributed by atoms with van der Waals surface area (Å²) in [6.45, 7) is 0. The largest absolute Gasteiger partial charge is 0.457 e. The van der Waals surface area contributed by atoms with Crippen LogP contribution in [0.4, 0.5) is 17.1 Å². The number of fused-ring (bicyclic) bond motifs is 14. The predicted octanol–water partition coefficient (Wildman–Crippen LogP) is 13.9. The molecule has 1 aliphatic heterocycles. The maximum absolute atomic E-state index is 7.01. The summed E-state index contributed by atoms with van der Waals surface area (Å²) in [5, 5.41) is 4.85. The number of aromatic nitrogens is 1. The van der Waals surface area contributed by atoms with Crippen molar-refractivity contribution in [1.82, 2.24) is 4.57 Å². The Kier molecular flexibility index (Phi) is 6.55. The van der Waals surface area contributed by atoms with Crippen molar-refractivity contribution in [2.24, 2.45) is 0 Å². The third-order valence-corrected chi connectivity index (χ3v) is 12.0. The first-order valence-corrected chi connectivity index (χ1v) is 19.3. The molecule has 0 radical (unpaired) electrons. The first-order valence-electron chi connectivity index (χ1n) is 19.3. The molecule has 2 heterocycles. The van der Waals surface area contributed by atoms with Gasteiger partial charge in [0, 0.05) is 56.1 Å². The fourth-order valence-corrected chi connectivity index (χ4v) is 9.75. The van der Waals surface area contributed by atoms with E-state index in [2.05, 4.69) is 216 Å². The Morgan fingerprint density at radius 2 is 0.964 bits per heavy atom. The Morgan fingerprint density at radius 1 is 0.393 bits per heavy atom. The van der Waals surface area contributed by atoms with Gasteiger partial charge in [-0.1, -0.05) is 140 Å². The summed E-state index contributed by atoms with van der Waals surface area (Å²) in [6, 6.07) is 74.7. The van der Waals surface area contributed by atoms with E-state index in [1.54, 1.807) is 0 Å². The van der Waals surface area contributed by atoms with Crippen molar-refractivity contribution in [3.05, 3.63) is 229 Å². The number of hydrogen-bond acceptors (Lipinski definition) is 2. The van der Waals surface area contributed by atoms with Crippen molar-refractivity contribution >= 4 is 49.6 Å². The van der Waals surface area contributed by atoms with E-state index < -0.39 is 5.41 Å². The van der Waals surface area contributed by atoms with E-state index in [-0.39, 0.29) is 0 Å². The number of hydrogen-bond donors (Lipinski definition) is 0. The molecule has 0 N–H and O–H groups in total. The summed E-state index contributed by atoms with van der Waals surface area (Å²) < 4.78 is 9.45. The molecule has 2 aliphatic rings. The van der Waals surface area contributed by atoms with E-state index in [1.165, 1.54) is 60.4 Å². The Morgan fingerprint density at radius 3 is 1.66 bits per heavy atom. The van der Waals surface area contributed by atoms with Crippen molar-refractivity contribution in [1.29, 1.82) is 0 Å². The Balaban J connectivity index is 1.14. The lowest BCUT2D eigenvalue weighted by Gasteiger charge is -2.39. The van der Waals surface area contributed by atoms with Gasteiger partial charge in [0.1, 0.15) is 11.5 Å². The Labute approximate surface area is 324 Å². The van der Waals surface area contributed by atoms with Crippen LogP contribution in [-0.2, 0) is 5.41 Å². The van der Waals surface area contributed by atoms with Crippen molar-refractivity contribution < 1.29 is 4.74 Å². The molecule has 9 aromatic carbocycles. The van der Waals surface area contributed by atoms with E-state index in [0.717, 1.165) is 39.8 Å². The standard InChI is InChI=1S/C53H34N2O/c1-3-16-36(17-4-1)54(37-18-5-2-6-19-37)38-28-30-39(31-29-38)55-49-34-51-48(33-44(49)43-32-27-35-15-7-8-20-40(35)52(43)55)53(47-25-13-14-26-50(47)56-51)45-23-11-9-21-41(45)42-22-10-12-24-46(42)53/h1-34H. The molecule has 56 heavy (non-hydrogen) atoms. The number of para-hydroxylation sites is 3. The molecule has 0 bridgehead atoms. The van der Waals surface area contributed by atoms with Crippen LogP contribution in [0, 0.1) is 0 Å². The first-order chi connectivity index (χ1) is 27.8. The lowest BCUT2D eigenvalue weighted by molar-refractivity contribution is 0.437. The van der Waals surface area contributed by atoms with E-state index in [4.69, 9.17) is 4.74 Å². The highest BCUT2D eigenvalue weighted by Gasteiger charge is 2.51. The maximum atomic E-state index is 7.01. The highest BCUT2D eigenvalue weighted by atomic mass is 16.5. The second-order valence-corrected chi connectivity index (χ2v) is 14.8. The summed E-state index contributed by atoms with van der Waals surface area (Å²) in [5.74, 6) is 1.78. The summed E-state index contributed by atoms with van der Waals surface area (Å²) in [5.41, 5.74) is 13.7. The lowest BCUT2D eigenvalue weighted by Crippen LogP contribution is -2.32. The van der Waals surface area contributed by atoms with Crippen LogP contribution in [0.3, 0.4) is 0 Å². The van der Waals surface area contributed by atoms with E-state index in [0.29, 0.717) is 0 Å². The van der Waals surface area contributed by atoms with Crippen LogP contribution in [0.25, 0.3) is 49.4 Å². The molecular formula is C53H34N2O. The molecular weight excluding hydrogens is 681 g/mol.